The summed E-state index contributed by atoms with van der Waals surface area (Å²) in [4.78, 5) is 44.7. The molecular formula is C14H26N3O5PS. The number of hydrogen-bond donors (Lipinski definition) is 4. The Morgan fingerprint density at radius 1 is 1.33 bits per heavy atom. The van der Waals surface area contributed by atoms with Crippen LogP contribution in [0.4, 0.5) is 0 Å². The van der Waals surface area contributed by atoms with Crippen LogP contribution in [0.3, 0.4) is 0 Å². The molecule has 1 rings (SSSR count). The van der Waals surface area contributed by atoms with E-state index in [0.717, 1.165) is 0 Å². The fourth-order valence-electron chi connectivity index (χ4n) is 2.73. The molecule has 3 amide bonds. The largest absolute Gasteiger partial charge is 0.370 e. The third kappa shape index (κ3) is 7.70. The van der Waals surface area contributed by atoms with Gasteiger partial charge < -0.3 is 25.8 Å². The molecule has 0 saturated heterocycles. The summed E-state index contributed by atoms with van der Waals surface area (Å²) >= 11 is 4.88. The lowest BCUT2D eigenvalue weighted by atomic mass is 9.86. The van der Waals surface area contributed by atoms with Gasteiger partial charge in [0.2, 0.25) is 17.7 Å². The molecule has 2 unspecified atom stereocenters. The number of primary amides is 1. The van der Waals surface area contributed by atoms with Gasteiger partial charge in [0.15, 0.2) is 6.49 Å². The van der Waals surface area contributed by atoms with Crippen LogP contribution in [-0.2, 0) is 30.7 Å². The van der Waals surface area contributed by atoms with Crippen molar-refractivity contribution in [3.05, 3.63) is 0 Å². The lowest BCUT2D eigenvalue weighted by Crippen LogP contribution is -2.48. The van der Waals surface area contributed by atoms with Gasteiger partial charge in [-0.05, 0) is 43.9 Å². The second-order valence-electron chi connectivity index (χ2n) is 6.06. The molecule has 10 heteroatoms. The summed E-state index contributed by atoms with van der Waals surface area (Å²) in [5, 5.41) is 5.16. The van der Waals surface area contributed by atoms with Crippen LogP contribution in [0.15, 0.2) is 0 Å². The topological polar surface area (TPSA) is 131 Å². The van der Waals surface area contributed by atoms with E-state index in [0.29, 0.717) is 25.7 Å². The Kier molecular flexibility index (Phi) is 8.29. The third-order valence-corrected chi connectivity index (χ3v) is 4.90. The number of nitrogens with one attached hydrogen (secondary N) is 2. The molecule has 24 heavy (non-hydrogen) atoms. The highest BCUT2D eigenvalue weighted by atomic mass is 32.5. The number of nitrogens with two attached hydrogens (primary N) is 1. The lowest BCUT2D eigenvalue weighted by Gasteiger charge is -2.30. The Hall–Kier alpha value is -1.02. The fraction of sp³-hybridized carbons (Fsp3) is 0.786. The quantitative estimate of drug-likeness (QED) is 0.439. The van der Waals surface area contributed by atoms with Crippen molar-refractivity contribution in [1.29, 1.82) is 0 Å². The zero-order valence-electron chi connectivity index (χ0n) is 14.0. The predicted molar refractivity (Wildman–Crippen MR) is 93.7 cm³/mol. The maximum absolute atomic E-state index is 12.4. The van der Waals surface area contributed by atoms with E-state index in [2.05, 4.69) is 10.6 Å². The number of amides is 3. The van der Waals surface area contributed by atoms with Crippen LogP contribution in [0.5, 0.6) is 0 Å². The Morgan fingerprint density at radius 3 is 2.38 bits per heavy atom. The monoisotopic (exact) mass is 379 g/mol. The minimum atomic E-state index is -2.70. The standard InChI is InChI=1S/C14H26N3O5PS/c1-16-14(20)11(7-8-12(15)18)17-13(19)9-3-5-10(6-4-9)22-23(2,21)24/h9-11H,3-8H2,1-2H3,(H2,15,18)(H,16,20)(H,17,19)(H,21,24). The van der Waals surface area contributed by atoms with Crippen molar-refractivity contribution in [2.45, 2.75) is 50.7 Å². The van der Waals surface area contributed by atoms with E-state index in [4.69, 9.17) is 22.1 Å². The minimum Gasteiger partial charge on any atom is -0.370 e. The van der Waals surface area contributed by atoms with Crippen molar-refractivity contribution >= 4 is 36.0 Å². The summed E-state index contributed by atoms with van der Waals surface area (Å²) in [7, 11) is 1.47. The van der Waals surface area contributed by atoms with E-state index < -0.39 is 18.4 Å². The Labute approximate surface area is 147 Å². The zero-order valence-corrected chi connectivity index (χ0v) is 15.7. The van der Waals surface area contributed by atoms with Crippen molar-refractivity contribution in [3.63, 3.8) is 0 Å². The van der Waals surface area contributed by atoms with Gasteiger partial charge in [0, 0.05) is 26.1 Å². The van der Waals surface area contributed by atoms with Gasteiger partial charge in [0.05, 0.1) is 6.10 Å². The Balaban J connectivity index is 2.52. The number of likely N-dealkylation sites (N-methyl/N-ethyl adjacent to an activating group) is 1. The van der Waals surface area contributed by atoms with Crippen molar-refractivity contribution in [2.24, 2.45) is 11.7 Å². The molecule has 0 heterocycles. The summed E-state index contributed by atoms with van der Waals surface area (Å²) in [6, 6.07) is -0.775. The second-order valence-corrected chi connectivity index (χ2v) is 9.91. The van der Waals surface area contributed by atoms with Crippen LogP contribution in [0.25, 0.3) is 0 Å². The SMILES string of the molecule is CNC(=O)C(CCC(N)=O)NC(=O)C1CCC(OP(C)(O)=S)CC1. The molecule has 1 aliphatic carbocycles. The smallest absolute Gasteiger partial charge is 0.242 e. The van der Waals surface area contributed by atoms with E-state index in [1.54, 1.807) is 0 Å². The molecule has 0 spiro atoms. The summed E-state index contributed by atoms with van der Waals surface area (Å²) < 4.78 is 5.44. The highest BCUT2D eigenvalue weighted by Crippen LogP contribution is 2.42. The fourth-order valence-corrected chi connectivity index (χ4v) is 3.86. The Bertz CT molecular complexity index is 517. The Morgan fingerprint density at radius 2 is 1.92 bits per heavy atom. The van der Waals surface area contributed by atoms with E-state index in [1.165, 1.54) is 13.7 Å². The molecule has 5 N–H and O–H groups in total. The van der Waals surface area contributed by atoms with Gasteiger partial charge in [-0.1, -0.05) is 0 Å². The first-order valence-electron chi connectivity index (χ1n) is 7.91. The zero-order chi connectivity index (χ0) is 18.3. The van der Waals surface area contributed by atoms with E-state index >= 15 is 0 Å². The van der Waals surface area contributed by atoms with E-state index in [9.17, 15) is 19.3 Å². The summed E-state index contributed by atoms with van der Waals surface area (Å²) in [5.41, 5.74) is 5.10. The number of hydrogen-bond acceptors (Lipinski definition) is 5. The molecule has 1 aliphatic rings. The number of carbonyl (C=O) groups excluding carboxylic acids is 3. The van der Waals surface area contributed by atoms with Gasteiger partial charge in [0.1, 0.15) is 6.04 Å². The van der Waals surface area contributed by atoms with Gasteiger partial charge in [-0.25, -0.2) is 0 Å². The van der Waals surface area contributed by atoms with E-state index in [1.807, 2.05) is 0 Å². The van der Waals surface area contributed by atoms with E-state index in [-0.39, 0.29) is 36.7 Å². The molecule has 0 bridgehead atoms. The van der Waals surface area contributed by atoms with Gasteiger partial charge >= 0.3 is 0 Å². The van der Waals surface area contributed by atoms with Crippen molar-refractivity contribution < 1.29 is 23.8 Å². The molecule has 0 aromatic rings. The number of rotatable bonds is 8. The van der Waals surface area contributed by atoms with Gasteiger partial charge in [-0.3, -0.25) is 14.4 Å². The van der Waals surface area contributed by atoms with Gasteiger partial charge in [-0.2, -0.15) is 0 Å². The van der Waals surface area contributed by atoms with Gasteiger partial charge in [-0.15, -0.1) is 0 Å². The minimum absolute atomic E-state index is 0.0244. The third-order valence-electron chi connectivity index (χ3n) is 3.95. The van der Waals surface area contributed by atoms with Gasteiger partial charge in [0.25, 0.3) is 0 Å². The molecule has 0 radical (unpaired) electrons. The molecule has 1 fully saturated rings. The average molecular weight is 379 g/mol. The summed E-state index contributed by atoms with van der Waals surface area (Å²) in [6.07, 6.45) is 2.54. The molecule has 0 aliphatic heterocycles. The highest BCUT2D eigenvalue weighted by Gasteiger charge is 2.30. The molecule has 1 saturated carbocycles. The first kappa shape index (κ1) is 21.0. The maximum atomic E-state index is 12.4. The highest BCUT2D eigenvalue weighted by molar-refractivity contribution is 8.09. The number of carbonyl (C=O) groups is 3. The first-order valence-corrected chi connectivity index (χ1v) is 11.0. The van der Waals surface area contributed by atoms with Crippen LogP contribution < -0.4 is 16.4 Å². The van der Waals surface area contributed by atoms with Crippen LogP contribution >= 0.6 is 6.49 Å². The lowest BCUT2D eigenvalue weighted by molar-refractivity contribution is -0.132. The summed E-state index contributed by atoms with van der Waals surface area (Å²) in [6.45, 7) is -1.19. The van der Waals surface area contributed by atoms with Crippen molar-refractivity contribution in [2.75, 3.05) is 13.7 Å². The first-order chi connectivity index (χ1) is 11.1. The van der Waals surface area contributed by atoms with Crippen LogP contribution in [0, 0.1) is 5.92 Å². The van der Waals surface area contributed by atoms with Crippen LogP contribution in [0.2, 0.25) is 0 Å². The summed E-state index contributed by atoms with van der Waals surface area (Å²) in [5.74, 6) is -1.31. The molecule has 2 atom stereocenters. The van der Waals surface area contributed by atoms with Crippen LogP contribution in [-0.4, -0.2) is 48.5 Å². The van der Waals surface area contributed by atoms with Crippen LogP contribution in [0.1, 0.15) is 38.5 Å². The maximum Gasteiger partial charge on any atom is 0.242 e. The van der Waals surface area contributed by atoms with Crippen molar-refractivity contribution in [1.82, 2.24) is 10.6 Å². The molecule has 0 aromatic carbocycles. The molecule has 138 valence electrons. The normalized spacial score (nSPS) is 24.5. The molecular weight excluding hydrogens is 353 g/mol. The predicted octanol–water partition coefficient (Wildman–Crippen LogP) is -0.0103. The molecule has 8 nitrogen and oxygen atoms in total. The van der Waals surface area contributed by atoms with Crippen molar-refractivity contribution in [3.8, 4) is 0 Å². The molecule has 0 aromatic heterocycles. The second kappa shape index (κ2) is 9.46. The average Bonchev–Trinajstić information content (AvgIpc) is 2.49.